The molecular formula is C13H16N6S. The van der Waals surface area contributed by atoms with Gasteiger partial charge in [-0.15, -0.1) is 11.3 Å². The molecular weight excluding hydrogens is 272 g/mol. The van der Waals surface area contributed by atoms with Gasteiger partial charge in [-0.3, -0.25) is 4.99 Å². The molecule has 6 nitrogen and oxygen atoms in total. The van der Waals surface area contributed by atoms with E-state index in [4.69, 9.17) is 17.2 Å². The van der Waals surface area contributed by atoms with E-state index in [0.29, 0.717) is 6.54 Å². The van der Waals surface area contributed by atoms with Gasteiger partial charge in [0.2, 0.25) is 5.96 Å². The largest absolute Gasteiger partial charge is 0.370 e. The number of hydrogen-bond acceptors (Lipinski definition) is 3. The minimum atomic E-state index is -0.0863. The fraction of sp³-hybridized carbons (Fsp3) is 0.154. The van der Waals surface area contributed by atoms with E-state index in [0.717, 1.165) is 23.2 Å². The molecule has 1 aromatic carbocycles. The molecule has 0 aliphatic rings. The molecule has 0 amide bonds. The second kappa shape index (κ2) is 6.67. The Labute approximate surface area is 121 Å². The Bertz CT molecular complexity index is 614. The van der Waals surface area contributed by atoms with Crippen LogP contribution in [0.25, 0.3) is 11.3 Å². The van der Waals surface area contributed by atoms with Crippen molar-refractivity contribution in [2.45, 2.75) is 6.42 Å². The van der Waals surface area contributed by atoms with Gasteiger partial charge in [0.05, 0.1) is 11.2 Å². The van der Waals surface area contributed by atoms with E-state index >= 15 is 0 Å². The molecule has 1 aromatic heterocycles. The van der Waals surface area contributed by atoms with Gasteiger partial charge in [0, 0.05) is 17.5 Å². The lowest BCUT2D eigenvalue weighted by atomic mass is 10.1. The molecule has 2 aromatic rings. The molecule has 0 aliphatic heterocycles. The number of nitrogens with two attached hydrogens (primary N) is 3. The van der Waals surface area contributed by atoms with Crippen LogP contribution >= 0.6 is 11.3 Å². The first-order valence-electron chi connectivity index (χ1n) is 6.02. The number of guanidine groups is 2. The predicted molar refractivity (Wildman–Crippen MR) is 83.6 cm³/mol. The highest BCUT2D eigenvalue weighted by Gasteiger charge is 2.01. The molecule has 7 heteroatoms. The van der Waals surface area contributed by atoms with Crippen LogP contribution in [0.15, 0.2) is 45.1 Å². The lowest BCUT2D eigenvalue weighted by Gasteiger charge is -2.02. The lowest BCUT2D eigenvalue weighted by Crippen LogP contribution is -2.26. The highest BCUT2D eigenvalue weighted by molar-refractivity contribution is 7.07. The standard InChI is InChI=1S/C13H16N6S/c14-12(15)19-13(16)17-5-4-9-2-1-3-10(6-9)11-7-20-8-18-11/h1-3,6-8H,4-5H2,(H6,14,15,16,17,19). The van der Waals surface area contributed by atoms with Crippen LogP contribution in [-0.4, -0.2) is 23.4 Å². The van der Waals surface area contributed by atoms with Gasteiger partial charge in [-0.1, -0.05) is 18.2 Å². The van der Waals surface area contributed by atoms with Crippen molar-refractivity contribution in [3.63, 3.8) is 0 Å². The number of aliphatic imine (C=N–C) groups is 2. The second-order valence-electron chi connectivity index (χ2n) is 4.10. The number of benzene rings is 1. The summed E-state index contributed by atoms with van der Waals surface area (Å²) in [6, 6.07) is 8.19. The molecule has 1 heterocycles. The Balaban J connectivity index is 2.01. The molecule has 6 N–H and O–H groups in total. The third-order valence-electron chi connectivity index (χ3n) is 2.57. The Kier molecular flexibility index (Phi) is 4.67. The Morgan fingerprint density at radius 3 is 2.80 bits per heavy atom. The van der Waals surface area contributed by atoms with Crippen molar-refractivity contribution in [3.8, 4) is 11.3 Å². The maximum absolute atomic E-state index is 5.54. The topological polar surface area (TPSA) is 116 Å². The first kappa shape index (κ1) is 14.0. The fourth-order valence-electron chi connectivity index (χ4n) is 1.71. The average molecular weight is 288 g/mol. The molecule has 0 spiro atoms. The summed E-state index contributed by atoms with van der Waals surface area (Å²) in [5.41, 5.74) is 21.0. The summed E-state index contributed by atoms with van der Waals surface area (Å²) in [6.45, 7) is 0.531. The van der Waals surface area contributed by atoms with Crippen LogP contribution in [0.4, 0.5) is 0 Å². The number of aromatic nitrogens is 1. The van der Waals surface area contributed by atoms with Crippen LogP contribution in [-0.2, 0) is 6.42 Å². The van der Waals surface area contributed by atoms with Crippen molar-refractivity contribution in [1.29, 1.82) is 0 Å². The maximum Gasteiger partial charge on any atom is 0.218 e. The van der Waals surface area contributed by atoms with Crippen molar-refractivity contribution in [1.82, 2.24) is 4.98 Å². The van der Waals surface area contributed by atoms with Gasteiger partial charge in [0.25, 0.3) is 0 Å². The van der Waals surface area contributed by atoms with Crippen LogP contribution < -0.4 is 17.2 Å². The van der Waals surface area contributed by atoms with Crippen molar-refractivity contribution in [3.05, 3.63) is 40.7 Å². The van der Waals surface area contributed by atoms with Gasteiger partial charge in [-0.25, -0.2) is 4.98 Å². The van der Waals surface area contributed by atoms with E-state index in [-0.39, 0.29) is 11.9 Å². The van der Waals surface area contributed by atoms with E-state index in [2.05, 4.69) is 21.0 Å². The smallest absolute Gasteiger partial charge is 0.218 e. The quantitative estimate of drug-likeness (QED) is 0.573. The minimum Gasteiger partial charge on any atom is -0.370 e. The summed E-state index contributed by atoms with van der Waals surface area (Å²) >= 11 is 1.58. The van der Waals surface area contributed by atoms with Crippen molar-refractivity contribution < 1.29 is 0 Å². The van der Waals surface area contributed by atoms with E-state index in [9.17, 15) is 0 Å². The molecule has 0 radical (unpaired) electrons. The summed E-state index contributed by atoms with van der Waals surface area (Å²) in [5, 5.41) is 2.02. The van der Waals surface area contributed by atoms with Crippen LogP contribution in [0.2, 0.25) is 0 Å². The van der Waals surface area contributed by atoms with Crippen LogP contribution in [0, 0.1) is 0 Å². The molecule has 0 unspecified atom stereocenters. The van der Waals surface area contributed by atoms with Gasteiger partial charge in [0.15, 0.2) is 5.96 Å². The number of hydrogen-bond donors (Lipinski definition) is 3. The van der Waals surface area contributed by atoms with E-state index in [1.165, 1.54) is 0 Å². The van der Waals surface area contributed by atoms with Crippen LogP contribution in [0.3, 0.4) is 0 Å². The van der Waals surface area contributed by atoms with E-state index in [1.807, 2.05) is 29.1 Å². The average Bonchev–Trinajstić information content (AvgIpc) is 2.92. The highest BCUT2D eigenvalue weighted by Crippen LogP contribution is 2.20. The van der Waals surface area contributed by atoms with Gasteiger partial charge in [0.1, 0.15) is 0 Å². The molecule has 20 heavy (non-hydrogen) atoms. The first-order chi connectivity index (χ1) is 9.65. The van der Waals surface area contributed by atoms with Crippen LogP contribution in [0.1, 0.15) is 5.56 Å². The first-order valence-corrected chi connectivity index (χ1v) is 6.96. The molecule has 104 valence electrons. The molecule has 0 aliphatic carbocycles. The summed E-state index contributed by atoms with van der Waals surface area (Å²) in [7, 11) is 0. The molecule has 0 saturated heterocycles. The molecule has 0 atom stereocenters. The summed E-state index contributed by atoms with van der Waals surface area (Å²) in [6.07, 6.45) is 0.763. The molecule has 0 bridgehead atoms. The Morgan fingerprint density at radius 1 is 1.25 bits per heavy atom. The monoisotopic (exact) mass is 288 g/mol. The fourth-order valence-corrected chi connectivity index (χ4v) is 2.27. The lowest BCUT2D eigenvalue weighted by molar-refractivity contribution is 0.962. The van der Waals surface area contributed by atoms with E-state index in [1.54, 1.807) is 11.3 Å². The SMILES string of the molecule is NC(N)=NC(N)=NCCc1cccc(-c2cscn2)c1. The highest BCUT2D eigenvalue weighted by atomic mass is 32.1. The zero-order valence-electron chi connectivity index (χ0n) is 10.9. The third-order valence-corrected chi connectivity index (χ3v) is 3.16. The number of rotatable bonds is 4. The Morgan fingerprint density at radius 2 is 2.10 bits per heavy atom. The third kappa shape index (κ3) is 4.06. The zero-order valence-corrected chi connectivity index (χ0v) is 11.7. The summed E-state index contributed by atoms with van der Waals surface area (Å²) in [5.74, 6) is 0.0115. The predicted octanol–water partition coefficient (Wildman–Crippen LogP) is 0.941. The minimum absolute atomic E-state index is 0.0863. The zero-order chi connectivity index (χ0) is 14.4. The molecule has 0 saturated carbocycles. The normalized spacial score (nSPS) is 11.3. The van der Waals surface area contributed by atoms with Crippen LogP contribution in [0.5, 0.6) is 0 Å². The summed E-state index contributed by atoms with van der Waals surface area (Å²) in [4.78, 5) is 12.0. The maximum atomic E-state index is 5.54. The molecule has 2 rings (SSSR count). The van der Waals surface area contributed by atoms with Gasteiger partial charge in [-0.2, -0.15) is 4.99 Å². The van der Waals surface area contributed by atoms with E-state index < -0.39 is 0 Å². The van der Waals surface area contributed by atoms with Crippen molar-refractivity contribution in [2.24, 2.45) is 27.2 Å². The van der Waals surface area contributed by atoms with Crippen molar-refractivity contribution in [2.75, 3.05) is 6.54 Å². The number of thiazole rings is 1. The van der Waals surface area contributed by atoms with Gasteiger partial charge >= 0.3 is 0 Å². The Hall–Kier alpha value is -2.41. The summed E-state index contributed by atoms with van der Waals surface area (Å²) < 4.78 is 0. The molecule has 0 fully saturated rings. The second-order valence-corrected chi connectivity index (χ2v) is 4.82. The van der Waals surface area contributed by atoms with Gasteiger partial charge < -0.3 is 17.2 Å². The van der Waals surface area contributed by atoms with Crippen molar-refractivity contribution >= 4 is 23.3 Å². The van der Waals surface area contributed by atoms with Gasteiger partial charge in [-0.05, 0) is 18.1 Å². The number of nitrogens with zero attached hydrogens (tertiary/aromatic N) is 3.